The van der Waals surface area contributed by atoms with Crippen LogP contribution in [0.15, 0.2) is 48.5 Å². The quantitative estimate of drug-likeness (QED) is 0.808. The Balaban J connectivity index is 1.47. The van der Waals surface area contributed by atoms with Gasteiger partial charge >= 0.3 is 6.03 Å². The van der Waals surface area contributed by atoms with Crippen molar-refractivity contribution in [2.75, 3.05) is 33.2 Å². The Morgan fingerprint density at radius 3 is 2.65 bits per heavy atom. The fraction of sp³-hybridized carbons (Fsp3) is 0.364. The van der Waals surface area contributed by atoms with Gasteiger partial charge in [0.2, 0.25) is 5.91 Å². The van der Waals surface area contributed by atoms with Gasteiger partial charge in [0, 0.05) is 51.4 Å². The molecule has 0 bridgehead atoms. The second kappa shape index (κ2) is 8.99. The molecule has 4 rings (SSSR count). The van der Waals surface area contributed by atoms with Crippen molar-refractivity contribution in [1.82, 2.24) is 25.1 Å². The van der Waals surface area contributed by atoms with E-state index in [0.29, 0.717) is 31.7 Å². The number of carbonyl (C=O) groups is 2. The Hall–Kier alpha value is -3.04. The molecule has 2 fully saturated rings. The first-order chi connectivity index (χ1) is 14.9. The fourth-order valence-corrected chi connectivity index (χ4v) is 4.09. The van der Waals surface area contributed by atoms with Crippen LogP contribution in [0.25, 0.3) is 0 Å². The predicted octanol–water partition coefficient (Wildman–Crippen LogP) is 2.01. The van der Waals surface area contributed by atoms with E-state index in [1.165, 1.54) is 12.1 Å². The van der Waals surface area contributed by atoms with Crippen LogP contribution in [0.1, 0.15) is 11.1 Å². The van der Waals surface area contributed by atoms with Gasteiger partial charge in [-0.05, 0) is 11.6 Å². The van der Waals surface area contributed by atoms with Crippen molar-refractivity contribution in [1.29, 1.82) is 0 Å². The molecule has 2 aliphatic rings. The number of amides is 3. The zero-order chi connectivity index (χ0) is 22.0. The van der Waals surface area contributed by atoms with Gasteiger partial charge in [0.15, 0.2) is 0 Å². The Bertz CT molecular complexity index is 958. The van der Waals surface area contributed by atoms with E-state index in [0.717, 1.165) is 11.6 Å². The average molecular weight is 429 g/mol. The highest BCUT2D eigenvalue weighted by molar-refractivity contribution is 5.82. The lowest BCUT2D eigenvalue weighted by Gasteiger charge is -2.52. The molecule has 2 aromatic carbocycles. The Morgan fingerprint density at radius 2 is 1.90 bits per heavy atom. The number of nitrogens with one attached hydrogen (secondary N) is 1. The number of fused-ring (bicyclic) bond motifs is 1. The molecule has 0 aromatic heterocycles. The van der Waals surface area contributed by atoms with Gasteiger partial charge in [-0.3, -0.25) is 9.69 Å². The number of carbonyl (C=O) groups excluding carboxylic acids is 2. The molecule has 1 N–H and O–H groups in total. The van der Waals surface area contributed by atoms with Crippen molar-refractivity contribution in [2.45, 2.75) is 19.3 Å². The van der Waals surface area contributed by atoms with E-state index < -0.39 is 17.8 Å². The molecule has 2 heterocycles. The summed E-state index contributed by atoms with van der Waals surface area (Å²) in [6.45, 7) is 2.10. The van der Waals surface area contributed by atoms with Crippen LogP contribution < -0.4 is 5.32 Å². The number of hydrogen-bond acceptors (Lipinski definition) is 4. The van der Waals surface area contributed by atoms with Gasteiger partial charge in [-0.1, -0.05) is 36.4 Å². The smallest absolute Gasteiger partial charge is 0.333 e. The van der Waals surface area contributed by atoms with Crippen LogP contribution in [0.5, 0.6) is 0 Å². The van der Waals surface area contributed by atoms with E-state index in [4.69, 9.17) is 0 Å². The summed E-state index contributed by atoms with van der Waals surface area (Å²) >= 11 is 0. The summed E-state index contributed by atoms with van der Waals surface area (Å²) in [5, 5.41) is 6.08. The third-order valence-corrected chi connectivity index (χ3v) is 5.68. The average Bonchev–Trinajstić information content (AvgIpc) is 2.75. The van der Waals surface area contributed by atoms with E-state index in [2.05, 4.69) is 5.32 Å². The zero-order valence-electron chi connectivity index (χ0n) is 17.3. The van der Waals surface area contributed by atoms with Crippen molar-refractivity contribution in [2.24, 2.45) is 0 Å². The first kappa shape index (κ1) is 21.2. The summed E-state index contributed by atoms with van der Waals surface area (Å²) in [5.41, 5.74) is 1.35. The highest BCUT2D eigenvalue weighted by atomic mass is 19.1. The molecule has 9 heteroatoms. The number of urea groups is 1. The van der Waals surface area contributed by atoms with Crippen LogP contribution in [0.2, 0.25) is 0 Å². The van der Waals surface area contributed by atoms with E-state index >= 15 is 0 Å². The number of hydrogen-bond donors (Lipinski definition) is 1. The molecule has 0 spiro atoms. The minimum absolute atomic E-state index is 0.0489. The van der Waals surface area contributed by atoms with Crippen molar-refractivity contribution in [3.63, 3.8) is 0 Å². The lowest BCUT2D eigenvalue weighted by atomic mass is 10.1. The van der Waals surface area contributed by atoms with Gasteiger partial charge in [-0.15, -0.1) is 0 Å². The minimum atomic E-state index is -0.619. The SMILES string of the molecule is CN1CC(=O)N2CCN(Cc3ccc(F)cc3F)CC2N1C(=O)NCc1ccccc1. The molecule has 1 atom stereocenters. The van der Waals surface area contributed by atoms with Gasteiger partial charge in [-0.2, -0.15) is 0 Å². The second-order valence-electron chi connectivity index (χ2n) is 7.84. The number of nitrogens with zero attached hydrogens (tertiary/aromatic N) is 4. The molecule has 2 aliphatic heterocycles. The molecular weight excluding hydrogens is 404 g/mol. The minimum Gasteiger partial charge on any atom is -0.333 e. The van der Waals surface area contributed by atoms with Crippen molar-refractivity contribution < 1.29 is 18.4 Å². The van der Waals surface area contributed by atoms with Gasteiger partial charge in [0.1, 0.15) is 17.8 Å². The first-order valence-corrected chi connectivity index (χ1v) is 10.2. The molecule has 164 valence electrons. The van der Waals surface area contributed by atoms with Crippen molar-refractivity contribution in [3.05, 3.63) is 71.3 Å². The molecule has 2 saturated heterocycles. The van der Waals surface area contributed by atoms with Crippen LogP contribution in [-0.2, 0) is 17.9 Å². The number of rotatable bonds is 4. The summed E-state index contributed by atoms with van der Waals surface area (Å²) in [6, 6.07) is 12.8. The van der Waals surface area contributed by atoms with Gasteiger partial charge < -0.3 is 10.2 Å². The molecule has 2 aromatic rings. The number of likely N-dealkylation sites (N-methyl/N-ethyl adjacent to an activating group) is 1. The topological polar surface area (TPSA) is 59.1 Å². The van der Waals surface area contributed by atoms with Gasteiger partial charge in [-0.25, -0.2) is 23.6 Å². The maximum absolute atomic E-state index is 14.1. The maximum Gasteiger partial charge on any atom is 0.334 e. The molecule has 7 nitrogen and oxygen atoms in total. The van der Waals surface area contributed by atoms with E-state index in [9.17, 15) is 18.4 Å². The normalized spacial score (nSPS) is 20.0. The molecule has 0 radical (unpaired) electrons. The first-order valence-electron chi connectivity index (χ1n) is 10.2. The van der Waals surface area contributed by atoms with E-state index in [1.807, 2.05) is 35.2 Å². The standard InChI is InChI=1S/C22H25F2N5O2/c1-26-15-21(30)28-10-9-27(13-17-7-8-18(23)11-19(17)24)14-20(28)29(26)22(31)25-12-16-5-3-2-4-6-16/h2-8,11,20H,9-10,12-15H2,1H3,(H,25,31). The summed E-state index contributed by atoms with van der Waals surface area (Å²) in [4.78, 5) is 29.2. The number of hydrazine groups is 1. The van der Waals surface area contributed by atoms with E-state index in [-0.39, 0.29) is 25.0 Å². The highest BCUT2D eigenvalue weighted by Gasteiger charge is 2.43. The summed E-state index contributed by atoms with van der Waals surface area (Å²) in [7, 11) is 1.70. The van der Waals surface area contributed by atoms with Crippen LogP contribution in [0.3, 0.4) is 0 Å². The lowest BCUT2D eigenvalue weighted by Crippen LogP contribution is -2.72. The molecular formula is C22H25F2N5O2. The van der Waals surface area contributed by atoms with Crippen molar-refractivity contribution >= 4 is 11.9 Å². The zero-order valence-corrected chi connectivity index (χ0v) is 17.3. The second-order valence-corrected chi connectivity index (χ2v) is 7.84. The lowest BCUT2D eigenvalue weighted by molar-refractivity contribution is -0.171. The summed E-state index contributed by atoms with van der Waals surface area (Å²) in [5.74, 6) is -1.27. The third-order valence-electron chi connectivity index (χ3n) is 5.68. The third kappa shape index (κ3) is 4.67. The van der Waals surface area contributed by atoms with Crippen LogP contribution >= 0.6 is 0 Å². The van der Waals surface area contributed by atoms with Gasteiger partial charge in [0.05, 0.1) is 6.54 Å². The van der Waals surface area contributed by atoms with Crippen LogP contribution in [0, 0.1) is 11.6 Å². The number of benzene rings is 2. The Morgan fingerprint density at radius 1 is 1.13 bits per heavy atom. The Labute approximate surface area is 179 Å². The van der Waals surface area contributed by atoms with Gasteiger partial charge in [0.25, 0.3) is 0 Å². The monoisotopic (exact) mass is 429 g/mol. The number of halogens is 2. The van der Waals surface area contributed by atoms with Crippen molar-refractivity contribution in [3.8, 4) is 0 Å². The molecule has 3 amide bonds. The molecule has 31 heavy (non-hydrogen) atoms. The highest BCUT2D eigenvalue weighted by Crippen LogP contribution is 2.23. The summed E-state index contributed by atoms with van der Waals surface area (Å²) < 4.78 is 27.3. The van der Waals surface area contributed by atoms with Crippen LogP contribution in [-0.4, -0.2) is 71.1 Å². The Kier molecular flexibility index (Phi) is 6.15. The molecule has 0 saturated carbocycles. The predicted molar refractivity (Wildman–Crippen MR) is 110 cm³/mol. The maximum atomic E-state index is 14.1. The van der Waals surface area contributed by atoms with Crippen LogP contribution in [0.4, 0.5) is 13.6 Å². The largest absolute Gasteiger partial charge is 0.334 e. The summed E-state index contributed by atoms with van der Waals surface area (Å²) in [6.07, 6.45) is -0.501. The molecule has 0 aliphatic carbocycles. The number of piperazine rings is 1. The van der Waals surface area contributed by atoms with E-state index in [1.54, 1.807) is 22.0 Å². The molecule has 1 unspecified atom stereocenters. The fourth-order valence-electron chi connectivity index (χ4n) is 4.09.